The quantitative estimate of drug-likeness (QED) is 0.755. The largest absolute Gasteiger partial charge is 0.416 e. The lowest BCUT2D eigenvalue weighted by molar-refractivity contribution is -0.137. The number of pyridine rings is 1. The van der Waals surface area contributed by atoms with E-state index in [2.05, 4.69) is 4.98 Å². The van der Waals surface area contributed by atoms with Crippen LogP contribution >= 0.6 is 0 Å². The number of carbonyl (C=O) groups excluding carboxylic acids is 1. The molecule has 1 aliphatic rings. The molecule has 0 radical (unpaired) electrons. The molecule has 0 saturated heterocycles. The third-order valence-electron chi connectivity index (χ3n) is 4.56. The van der Waals surface area contributed by atoms with Crippen LogP contribution in [0.2, 0.25) is 0 Å². The molecule has 0 fully saturated rings. The van der Waals surface area contributed by atoms with Crippen molar-refractivity contribution in [2.24, 2.45) is 5.73 Å². The van der Waals surface area contributed by atoms with Gasteiger partial charge in [-0.25, -0.2) is 18.5 Å². The Morgan fingerprint density at radius 1 is 1.23 bits per heavy atom. The molecule has 162 valence electrons. The molecule has 2 heterocycles. The van der Waals surface area contributed by atoms with Gasteiger partial charge in [0.05, 0.1) is 28.4 Å². The van der Waals surface area contributed by atoms with E-state index in [1.54, 1.807) is 14.0 Å². The van der Waals surface area contributed by atoms with Crippen LogP contribution in [-0.4, -0.2) is 39.2 Å². The van der Waals surface area contributed by atoms with Crippen LogP contribution in [0, 0.1) is 0 Å². The number of fused-ring (bicyclic) bond motifs is 1. The number of amides is 1. The van der Waals surface area contributed by atoms with Crippen molar-refractivity contribution in [1.82, 2.24) is 4.98 Å². The second-order valence-electron chi connectivity index (χ2n) is 6.65. The number of benzene rings is 1. The maximum Gasteiger partial charge on any atom is 0.416 e. The molecule has 1 unspecified atom stereocenters. The fourth-order valence-corrected chi connectivity index (χ4v) is 4.11. The van der Waals surface area contributed by atoms with E-state index in [0.29, 0.717) is 5.69 Å². The molecule has 2 N–H and O–H groups in total. The van der Waals surface area contributed by atoms with Crippen molar-refractivity contribution in [3.05, 3.63) is 47.3 Å². The van der Waals surface area contributed by atoms with Crippen LogP contribution in [0.25, 0.3) is 0 Å². The van der Waals surface area contributed by atoms with Gasteiger partial charge in [-0.1, -0.05) is 0 Å². The van der Waals surface area contributed by atoms with Crippen LogP contribution in [0.15, 0.2) is 35.2 Å². The Morgan fingerprint density at radius 3 is 2.43 bits per heavy atom. The number of anilines is 2. The van der Waals surface area contributed by atoms with E-state index in [1.807, 2.05) is 0 Å². The Labute approximate surface area is 170 Å². The van der Waals surface area contributed by atoms with Gasteiger partial charge in [0, 0.05) is 13.3 Å². The average Bonchev–Trinajstić information content (AvgIpc) is 2.91. The summed E-state index contributed by atoms with van der Waals surface area (Å²) in [6.07, 6.45) is -4.66. The number of sulfone groups is 1. The second kappa shape index (κ2) is 7.43. The van der Waals surface area contributed by atoms with Crippen LogP contribution in [0.5, 0.6) is 0 Å². The standard InChI is InChI=1S/C18H19F3N4O4S/c1-4-29-25-13-9-10(18(19,20)21)5-7-12(13)24(2)17(25)15-14(30(3,27)28)8-6-11(23-15)16(22)26/h5-9,17H,4H2,1-3H3,(H2,22,26). The number of halogens is 3. The molecule has 1 atom stereocenters. The van der Waals surface area contributed by atoms with Gasteiger partial charge in [0.15, 0.2) is 16.0 Å². The molecule has 30 heavy (non-hydrogen) atoms. The predicted molar refractivity (Wildman–Crippen MR) is 103 cm³/mol. The van der Waals surface area contributed by atoms with Gasteiger partial charge in [0.1, 0.15) is 11.4 Å². The summed E-state index contributed by atoms with van der Waals surface area (Å²) in [6.45, 7) is 1.72. The summed E-state index contributed by atoms with van der Waals surface area (Å²) >= 11 is 0. The number of hydroxylamine groups is 1. The number of rotatable bonds is 5. The number of nitrogens with zero attached hydrogens (tertiary/aromatic N) is 3. The summed E-state index contributed by atoms with van der Waals surface area (Å²) in [5.41, 5.74) is 4.58. The van der Waals surface area contributed by atoms with E-state index in [0.717, 1.165) is 23.5 Å². The monoisotopic (exact) mass is 444 g/mol. The predicted octanol–water partition coefficient (Wildman–Crippen LogP) is 2.51. The molecule has 2 aromatic rings. The second-order valence-corrected chi connectivity index (χ2v) is 8.63. The maximum absolute atomic E-state index is 13.2. The van der Waals surface area contributed by atoms with Crippen LogP contribution in [-0.2, 0) is 20.9 Å². The first-order valence-corrected chi connectivity index (χ1v) is 10.6. The SMILES string of the molecule is CCON1c2cc(C(F)(F)F)ccc2N(C)C1c1nc(C(N)=O)ccc1S(C)(=O)=O. The van der Waals surface area contributed by atoms with Gasteiger partial charge < -0.3 is 10.6 Å². The topological polar surface area (TPSA) is 106 Å². The molecule has 12 heteroatoms. The fourth-order valence-electron chi connectivity index (χ4n) is 3.27. The molecular weight excluding hydrogens is 425 g/mol. The smallest absolute Gasteiger partial charge is 0.364 e. The number of primary amides is 1. The van der Waals surface area contributed by atoms with Gasteiger partial charge in [-0.05, 0) is 37.3 Å². The van der Waals surface area contributed by atoms with Crippen molar-refractivity contribution in [3.63, 3.8) is 0 Å². The fraction of sp³-hybridized carbons (Fsp3) is 0.333. The van der Waals surface area contributed by atoms with Gasteiger partial charge in [0.2, 0.25) is 0 Å². The number of hydrogen-bond donors (Lipinski definition) is 1. The molecule has 0 bridgehead atoms. The third kappa shape index (κ3) is 3.79. The summed E-state index contributed by atoms with van der Waals surface area (Å²) in [5, 5.41) is 1.16. The zero-order valence-corrected chi connectivity index (χ0v) is 17.1. The lowest BCUT2D eigenvalue weighted by Crippen LogP contribution is -2.36. The highest BCUT2D eigenvalue weighted by Gasteiger charge is 2.42. The van der Waals surface area contributed by atoms with E-state index in [4.69, 9.17) is 10.6 Å². The number of nitrogens with two attached hydrogens (primary N) is 1. The van der Waals surface area contributed by atoms with E-state index in [1.165, 1.54) is 23.1 Å². The van der Waals surface area contributed by atoms with Crippen LogP contribution in [0.3, 0.4) is 0 Å². The molecule has 1 aromatic heterocycles. The number of carbonyl (C=O) groups is 1. The first kappa shape index (κ1) is 21.8. The van der Waals surface area contributed by atoms with Crippen molar-refractivity contribution < 1.29 is 31.2 Å². The van der Waals surface area contributed by atoms with Crippen molar-refractivity contribution >= 4 is 27.1 Å². The Balaban J connectivity index is 2.25. The summed E-state index contributed by atoms with van der Waals surface area (Å²) in [5.74, 6) is -0.878. The average molecular weight is 444 g/mol. The molecular formula is C18H19F3N4O4S. The van der Waals surface area contributed by atoms with Crippen molar-refractivity contribution in [2.75, 3.05) is 29.9 Å². The van der Waals surface area contributed by atoms with E-state index in [9.17, 15) is 26.4 Å². The van der Waals surface area contributed by atoms with E-state index in [-0.39, 0.29) is 28.6 Å². The number of alkyl halides is 3. The number of hydrogen-bond acceptors (Lipinski definition) is 7. The normalized spacial score (nSPS) is 16.7. The highest BCUT2D eigenvalue weighted by Crippen LogP contribution is 2.48. The van der Waals surface area contributed by atoms with Gasteiger partial charge in [-0.2, -0.15) is 13.2 Å². The summed E-state index contributed by atoms with van der Waals surface area (Å²) < 4.78 is 64.4. The van der Waals surface area contributed by atoms with Gasteiger partial charge in [0.25, 0.3) is 5.91 Å². The molecule has 0 aliphatic carbocycles. The Morgan fingerprint density at radius 2 is 1.90 bits per heavy atom. The highest BCUT2D eigenvalue weighted by atomic mass is 32.2. The van der Waals surface area contributed by atoms with Crippen LogP contribution < -0.4 is 15.7 Å². The Hall–Kier alpha value is -2.86. The molecule has 0 saturated carbocycles. The summed E-state index contributed by atoms with van der Waals surface area (Å²) in [7, 11) is -2.24. The summed E-state index contributed by atoms with van der Waals surface area (Å²) in [6, 6.07) is 5.48. The minimum Gasteiger partial charge on any atom is -0.364 e. The van der Waals surface area contributed by atoms with E-state index >= 15 is 0 Å². The zero-order valence-electron chi connectivity index (χ0n) is 16.3. The molecule has 8 nitrogen and oxygen atoms in total. The Bertz CT molecular complexity index is 1110. The van der Waals surface area contributed by atoms with E-state index < -0.39 is 33.6 Å². The molecule has 1 amide bonds. The lowest BCUT2D eigenvalue weighted by atomic mass is 10.1. The molecule has 0 spiro atoms. The van der Waals surface area contributed by atoms with Crippen molar-refractivity contribution in [1.29, 1.82) is 0 Å². The molecule has 3 rings (SSSR count). The number of aromatic nitrogens is 1. The van der Waals surface area contributed by atoms with Gasteiger partial charge >= 0.3 is 6.18 Å². The lowest BCUT2D eigenvalue weighted by Gasteiger charge is -2.30. The first-order chi connectivity index (χ1) is 13.9. The van der Waals surface area contributed by atoms with Gasteiger partial charge in [-0.3, -0.25) is 9.63 Å². The molecule has 1 aromatic carbocycles. The summed E-state index contributed by atoms with van der Waals surface area (Å²) in [4.78, 5) is 22.6. The maximum atomic E-state index is 13.2. The van der Waals surface area contributed by atoms with Crippen LogP contribution in [0.1, 0.15) is 34.8 Å². The zero-order chi connectivity index (χ0) is 22.4. The van der Waals surface area contributed by atoms with Crippen molar-refractivity contribution in [2.45, 2.75) is 24.2 Å². The molecule has 1 aliphatic heterocycles. The van der Waals surface area contributed by atoms with Crippen LogP contribution in [0.4, 0.5) is 24.5 Å². The third-order valence-corrected chi connectivity index (χ3v) is 5.70. The van der Waals surface area contributed by atoms with Crippen molar-refractivity contribution in [3.8, 4) is 0 Å². The Kier molecular flexibility index (Phi) is 5.41. The minimum atomic E-state index is -4.58. The first-order valence-electron chi connectivity index (χ1n) is 8.73. The highest BCUT2D eigenvalue weighted by molar-refractivity contribution is 7.90. The minimum absolute atomic E-state index is 0.0870. The van der Waals surface area contributed by atoms with Gasteiger partial charge in [-0.15, -0.1) is 0 Å².